The molecule has 0 amide bonds. The summed E-state index contributed by atoms with van der Waals surface area (Å²) in [6, 6.07) is 61.8. The highest BCUT2D eigenvalue weighted by molar-refractivity contribution is 6.12. The largest absolute Gasteiger partial charge is 0.309 e. The number of nitrogens with zero attached hydrogens (tertiary/aromatic N) is 3. The Morgan fingerprint density at radius 3 is 1.79 bits per heavy atom. The van der Waals surface area contributed by atoms with E-state index in [1.807, 2.05) is 0 Å². The van der Waals surface area contributed by atoms with Crippen LogP contribution in [-0.2, 0) is 5.41 Å². The van der Waals surface area contributed by atoms with Gasteiger partial charge in [0.1, 0.15) is 0 Å². The molecule has 0 saturated carbocycles. The lowest BCUT2D eigenvalue weighted by Crippen LogP contribution is -2.16. The molecule has 11 rings (SSSR count). The van der Waals surface area contributed by atoms with Crippen molar-refractivity contribution in [3.05, 3.63) is 205 Å². The Morgan fingerprint density at radius 2 is 1.07 bits per heavy atom. The van der Waals surface area contributed by atoms with E-state index in [0.717, 1.165) is 58.0 Å². The van der Waals surface area contributed by atoms with E-state index in [0.29, 0.717) is 0 Å². The minimum atomic E-state index is -0.122. The third kappa shape index (κ3) is 5.57. The molecule has 3 heteroatoms. The monoisotopic (exact) mass is 743 g/mol. The molecule has 2 aromatic heterocycles. The van der Waals surface area contributed by atoms with Crippen molar-refractivity contribution in [2.75, 3.05) is 0 Å². The van der Waals surface area contributed by atoms with Gasteiger partial charge in [-0.05, 0) is 99.8 Å². The van der Waals surface area contributed by atoms with Gasteiger partial charge < -0.3 is 4.57 Å². The Kier molecular flexibility index (Phi) is 7.97. The molecule has 0 atom stereocenters. The van der Waals surface area contributed by atoms with Crippen LogP contribution in [0.25, 0.3) is 89.0 Å². The van der Waals surface area contributed by atoms with E-state index < -0.39 is 0 Å². The maximum Gasteiger partial charge on any atom is 0.160 e. The van der Waals surface area contributed by atoms with Crippen molar-refractivity contribution < 1.29 is 0 Å². The molecule has 3 nitrogen and oxygen atoms in total. The van der Waals surface area contributed by atoms with Gasteiger partial charge in [0.05, 0.1) is 22.4 Å². The number of aromatic nitrogens is 3. The molecule has 0 radical (unpaired) electrons. The summed E-state index contributed by atoms with van der Waals surface area (Å²) in [7, 11) is 0. The molecule has 0 fully saturated rings. The number of allylic oxidation sites excluding steroid dienone is 4. The van der Waals surface area contributed by atoms with Crippen molar-refractivity contribution in [2.24, 2.45) is 0 Å². The van der Waals surface area contributed by atoms with Crippen molar-refractivity contribution in [1.82, 2.24) is 14.5 Å². The second kappa shape index (κ2) is 13.5. The van der Waals surface area contributed by atoms with Crippen molar-refractivity contribution in [2.45, 2.75) is 32.1 Å². The zero-order valence-electron chi connectivity index (χ0n) is 32.7. The summed E-state index contributed by atoms with van der Waals surface area (Å²) in [6.45, 7) is 4.74. The fraction of sp³-hybridized carbons (Fsp3) is 0.0909. The number of hydrogen-bond acceptors (Lipinski definition) is 2. The molecule has 2 aliphatic rings. The average Bonchev–Trinajstić information content (AvgIpc) is 3.74. The van der Waals surface area contributed by atoms with E-state index in [2.05, 4.69) is 207 Å². The van der Waals surface area contributed by atoms with Gasteiger partial charge in [-0.3, -0.25) is 0 Å². The molecule has 0 bridgehead atoms. The number of hydrogen-bond donors (Lipinski definition) is 0. The summed E-state index contributed by atoms with van der Waals surface area (Å²) in [5.41, 5.74) is 18.8. The zero-order chi connectivity index (χ0) is 38.8. The number of benzene rings is 7. The summed E-state index contributed by atoms with van der Waals surface area (Å²) in [5, 5.41) is 2.40. The van der Waals surface area contributed by atoms with Crippen molar-refractivity contribution in [3.8, 4) is 61.6 Å². The van der Waals surface area contributed by atoms with Crippen molar-refractivity contribution in [1.29, 1.82) is 0 Å². The highest BCUT2D eigenvalue weighted by atomic mass is 15.0. The first-order chi connectivity index (χ1) is 28.5. The van der Waals surface area contributed by atoms with Crippen LogP contribution in [0.3, 0.4) is 0 Å². The lowest BCUT2D eigenvalue weighted by molar-refractivity contribution is 0.662. The minimum absolute atomic E-state index is 0.122. The van der Waals surface area contributed by atoms with Gasteiger partial charge in [-0.1, -0.05) is 159 Å². The van der Waals surface area contributed by atoms with Crippen LogP contribution in [0.1, 0.15) is 43.6 Å². The van der Waals surface area contributed by atoms with Crippen molar-refractivity contribution >= 4 is 27.4 Å². The maximum atomic E-state index is 5.25. The minimum Gasteiger partial charge on any atom is -0.309 e. The lowest BCUT2D eigenvalue weighted by Gasteiger charge is -2.24. The average molecular weight is 744 g/mol. The third-order valence-corrected chi connectivity index (χ3v) is 12.2. The summed E-state index contributed by atoms with van der Waals surface area (Å²) < 4.78 is 2.42. The first-order valence-corrected chi connectivity index (χ1v) is 20.3. The number of rotatable bonds is 6. The Balaban J connectivity index is 1.13. The second-order valence-corrected chi connectivity index (χ2v) is 16.1. The highest BCUT2D eigenvalue weighted by Gasteiger charge is 2.37. The fourth-order valence-electron chi connectivity index (χ4n) is 9.41. The first-order valence-electron chi connectivity index (χ1n) is 20.3. The first kappa shape index (κ1) is 34.2. The van der Waals surface area contributed by atoms with E-state index >= 15 is 0 Å². The molecule has 0 unspecified atom stereocenters. The molecule has 2 heterocycles. The molecular weight excluding hydrogens is 703 g/mol. The van der Waals surface area contributed by atoms with E-state index in [-0.39, 0.29) is 5.41 Å². The molecule has 0 N–H and O–H groups in total. The predicted molar refractivity (Wildman–Crippen MR) is 242 cm³/mol. The van der Waals surface area contributed by atoms with Gasteiger partial charge in [0.15, 0.2) is 5.82 Å². The standard InChI is InChI=1S/C55H41N3/c1-55(2)48-24-13-12-21-44(48)45-23-14-22-43(53(45)55)40-27-31-51-46(33-40)47-34-41(28-32-52(47)58(51)42-29-25-37(26-30-42)36-15-6-3-7-16-36)50-35-49(38-17-8-4-9-18-38)56-54(57-50)39-19-10-5-11-20-39/h3-4,6-10,12-35H,5,11H2,1-2H3. The second-order valence-electron chi connectivity index (χ2n) is 16.1. The van der Waals surface area contributed by atoms with E-state index in [4.69, 9.17) is 9.97 Å². The van der Waals surface area contributed by atoms with Crippen LogP contribution in [0.15, 0.2) is 188 Å². The van der Waals surface area contributed by atoms with Gasteiger partial charge >= 0.3 is 0 Å². The summed E-state index contributed by atoms with van der Waals surface area (Å²) in [6.07, 6.45) is 8.69. The zero-order valence-corrected chi connectivity index (χ0v) is 32.7. The van der Waals surface area contributed by atoms with Crippen LogP contribution in [0.5, 0.6) is 0 Å². The Hall–Kier alpha value is -7.10. The van der Waals surface area contributed by atoms with Crippen molar-refractivity contribution in [3.63, 3.8) is 0 Å². The highest BCUT2D eigenvalue weighted by Crippen LogP contribution is 2.52. The van der Waals surface area contributed by atoms with Gasteiger partial charge in [0.2, 0.25) is 0 Å². The van der Waals surface area contributed by atoms with Gasteiger partial charge in [-0.2, -0.15) is 0 Å². The molecule has 58 heavy (non-hydrogen) atoms. The molecule has 7 aromatic carbocycles. The Bertz CT molecular complexity index is 3110. The van der Waals surface area contributed by atoms with Gasteiger partial charge in [-0.15, -0.1) is 0 Å². The smallest absolute Gasteiger partial charge is 0.160 e. The quantitative estimate of drug-likeness (QED) is 0.170. The fourth-order valence-corrected chi connectivity index (χ4v) is 9.41. The topological polar surface area (TPSA) is 30.7 Å². The van der Waals surface area contributed by atoms with Crippen LogP contribution in [-0.4, -0.2) is 14.5 Å². The maximum absolute atomic E-state index is 5.25. The van der Waals surface area contributed by atoms with E-state index in [9.17, 15) is 0 Å². The third-order valence-electron chi connectivity index (χ3n) is 12.2. The SMILES string of the molecule is CC1(C)c2ccccc2-c2cccc(-c3ccc4c(c3)c3cc(-c5cc(-c6ccccc6)nc(C6=CCCC=C6)n5)ccc3n4-c3ccc(-c4ccccc4)cc3)c21. The van der Waals surface area contributed by atoms with Gasteiger partial charge in [0.25, 0.3) is 0 Å². The van der Waals surface area contributed by atoms with Crippen LogP contribution in [0.4, 0.5) is 0 Å². The number of fused-ring (bicyclic) bond motifs is 6. The van der Waals surface area contributed by atoms with Crippen LogP contribution < -0.4 is 0 Å². The molecular formula is C55H41N3. The van der Waals surface area contributed by atoms with E-state index in [1.165, 1.54) is 60.8 Å². The van der Waals surface area contributed by atoms with Crippen LogP contribution in [0, 0.1) is 0 Å². The summed E-state index contributed by atoms with van der Waals surface area (Å²) in [4.78, 5) is 10.3. The van der Waals surface area contributed by atoms with E-state index in [1.54, 1.807) is 0 Å². The van der Waals surface area contributed by atoms with Gasteiger partial charge in [0, 0.05) is 38.6 Å². The molecule has 2 aliphatic carbocycles. The molecule has 276 valence electrons. The van der Waals surface area contributed by atoms with Gasteiger partial charge in [-0.25, -0.2) is 9.97 Å². The molecule has 0 spiro atoms. The molecule has 0 aliphatic heterocycles. The molecule has 0 saturated heterocycles. The Labute approximate surface area is 339 Å². The summed E-state index contributed by atoms with van der Waals surface area (Å²) in [5.74, 6) is 0.761. The summed E-state index contributed by atoms with van der Waals surface area (Å²) >= 11 is 0. The molecule has 9 aromatic rings. The van der Waals surface area contributed by atoms with Crippen LogP contribution in [0.2, 0.25) is 0 Å². The predicted octanol–water partition coefficient (Wildman–Crippen LogP) is 14.3. The Morgan fingerprint density at radius 1 is 0.483 bits per heavy atom. The lowest BCUT2D eigenvalue weighted by atomic mass is 9.79. The normalized spacial score (nSPS) is 14.1. The van der Waals surface area contributed by atoms with Crippen LogP contribution >= 0.6 is 0 Å².